The van der Waals surface area contributed by atoms with E-state index in [2.05, 4.69) is 47.9 Å². The number of hydrogen-bond donors (Lipinski definition) is 10. The Morgan fingerprint density at radius 3 is 1.27 bits per heavy atom. The summed E-state index contributed by atoms with van der Waals surface area (Å²) in [6, 6.07) is 46.5. The van der Waals surface area contributed by atoms with Gasteiger partial charge in [-0.05, 0) is 78.8 Å². The fourth-order valence-electron chi connectivity index (χ4n) is 9.75. The van der Waals surface area contributed by atoms with Gasteiger partial charge in [0.2, 0.25) is 41.4 Å². The molecule has 0 aliphatic rings. The molecule has 25 heteroatoms. The van der Waals surface area contributed by atoms with Gasteiger partial charge in [-0.1, -0.05) is 182 Å². The number of benzene rings is 6. The molecule has 0 radical (unpaired) electrons. The number of rotatable bonds is 41. The van der Waals surface area contributed by atoms with Crippen LogP contribution in [0.5, 0.6) is 0 Å². The van der Waals surface area contributed by atoms with Gasteiger partial charge in [-0.3, -0.25) is 33.6 Å². The molecule has 7 atom stereocenters. The van der Waals surface area contributed by atoms with Crippen molar-refractivity contribution in [3.8, 4) is 0 Å². The number of nitrogens with one attached hydrogen (secondary N) is 9. The summed E-state index contributed by atoms with van der Waals surface area (Å²) < 4.78 is 27.6. The smallest absolute Gasteiger partial charge is 0.407 e. The molecule has 11 N–H and O–H groups in total. The molecule has 0 aliphatic carbocycles. The Hall–Kier alpha value is -10.5. The fraction of sp³-hybridized carbons (Fsp3) is 0.361. The molecule has 6 rings (SSSR count). The molecule has 0 heterocycles. The van der Waals surface area contributed by atoms with E-state index >= 15 is 0 Å². The topological polar surface area (TPSA) is 351 Å². The highest BCUT2D eigenvalue weighted by atomic mass is 16.6. The van der Waals surface area contributed by atoms with Crippen LogP contribution in [0.3, 0.4) is 0 Å². The number of carbonyl (C=O) groups excluding carboxylic acids is 10. The van der Waals surface area contributed by atoms with Gasteiger partial charge in [0.25, 0.3) is 0 Å². The number of unbranched alkanes of at least 4 members (excludes halogenated alkanes) is 2. The monoisotopic (exact) mass is 1330 g/mol. The number of amides is 9. The molecule has 0 bridgehead atoms. The molecule has 6 aromatic carbocycles. The summed E-state index contributed by atoms with van der Waals surface area (Å²) in [6.07, 6.45) is -0.639. The fourth-order valence-corrected chi connectivity index (χ4v) is 9.75. The Morgan fingerprint density at radius 1 is 0.392 bits per heavy atom. The standard InChI is InChI=1S/C72H88N10O15/c1-50(95-46-54-31-15-6-16-32-54)64(82-65(85)57(73)37-21-23-39-74-71(91)96-47-55-33-17-7-18-34-55)69(89)80-58(38-22-24-40-75-72(92)97-48-56-35-19-8-20-36-56)66(86)76-44-63(84)79-61(49-94-45-53-29-13-5-14-30-53)67(87)77-43-62(83)78-59(41-51-25-9-3-10-26-51)68(88)81-60(70(90)93-2)42-52-27-11-4-12-28-52/h3-20,25-36,50,57-61,64H,21-24,37-49,73H2,1-2H3,(H,74,91)(H,75,92)(H,76,86)(H,77,87)(H,78,83)(H,79,84)(H,80,89)(H,81,88)(H,82,85)/t50-,57+,58+,59+,60+,61+,64+/m1/s1. The molecule has 0 unspecified atom stereocenters. The van der Waals surface area contributed by atoms with E-state index in [1.807, 2.05) is 103 Å². The maximum Gasteiger partial charge on any atom is 0.407 e. The lowest BCUT2D eigenvalue weighted by molar-refractivity contribution is -0.145. The van der Waals surface area contributed by atoms with Crippen LogP contribution in [0.25, 0.3) is 0 Å². The van der Waals surface area contributed by atoms with Crippen LogP contribution in [0.2, 0.25) is 0 Å². The summed E-state index contributed by atoms with van der Waals surface area (Å²) in [6.45, 7) is 0.332. The highest BCUT2D eigenvalue weighted by molar-refractivity contribution is 5.96. The molecule has 97 heavy (non-hydrogen) atoms. The highest BCUT2D eigenvalue weighted by Gasteiger charge is 2.34. The number of ether oxygens (including phenoxy) is 5. The van der Waals surface area contributed by atoms with Crippen LogP contribution in [-0.4, -0.2) is 142 Å². The lowest BCUT2D eigenvalue weighted by Crippen LogP contribution is -2.59. The molecule has 516 valence electrons. The maximum atomic E-state index is 14.6. The first-order valence-corrected chi connectivity index (χ1v) is 32.2. The summed E-state index contributed by atoms with van der Waals surface area (Å²) in [5, 5.41) is 23.8. The van der Waals surface area contributed by atoms with Gasteiger partial charge in [0.1, 0.15) is 43.4 Å². The van der Waals surface area contributed by atoms with Gasteiger partial charge >= 0.3 is 18.2 Å². The van der Waals surface area contributed by atoms with Crippen molar-refractivity contribution in [2.45, 2.75) is 127 Å². The summed E-state index contributed by atoms with van der Waals surface area (Å²) in [4.78, 5) is 136. The Kier molecular flexibility index (Phi) is 33.3. The summed E-state index contributed by atoms with van der Waals surface area (Å²) in [5.41, 5.74) is 10.9. The predicted octanol–water partition coefficient (Wildman–Crippen LogP) is 4.64. The molecule has 0 aliphatic heterocycles. The van der Waals surface area contributed by atoms with Gasteiger partial charge in [0.05, 0.1) is 52.2 Å². The third kappa shape index (κ3) is 29.4. The largest absolute Gasteiger partial charge is 0.467 e. The second-order valence-corrected chi connectivity index (χ2v) is 22.8. The molecule has 0 aromatic heterocycles. The van der Waals surface area contributed by atoms with Crippen molar-refractivity contribution in [3.05, 3.63) is 215 Å². The zero-order valence-corrected chi connectivity index (χ0v) is 54.6. The third-order valence-corrected chi connectivity index (χ3v) is 15.1. The molecule has 0 fully saturated rings. The number of methoxy groups -OCH3 is 1. The van der Waals surface area contributed by atoms with Gasteiger partial charge in [0, 0.05) is 25.9 Å². The number of esters is 1. The van der Waals surface area contributed by atoms with Crippen molar-refractivity contribution in [1.82, 2.24) is 47.9 Å². The van der Waals surface area contributed by atoms with Gasteiger partial charge in [-0.2, -0.15) is 0 Å². The maximum absolute atomic E-state index is 14.6. The predicted molar refractivity (Wildman–Crippen MR) is 360 cm³/mol. The first-order valence-electron chi connectivity index (χ1n) is 32.2. The van der Waals surface area contributed by atoms with E-state index in [0.29, 0.717) is 24.8 Å². The Balaban J connectivity index is 1.11. The molecule has 0 saturated heterocycles. The third-order valence-electron chi connectivity index (χ3n) is 15.1. The summed E-state index contributed by atoms with van der Waals surface area (Å²) in [7, 11) is 1.20. The molecular formula is C72H88N10O15. The van der Waals surface area contributed by atoms with Crippen LogP contribution >= 0.6 is 0 Å². The van der Waals surface area contributed by atoms with E-state index in [0.717, 1.165) is 27.8 Å². The minimum absolute atomic E-state index is 0.00409. The zero-order valence-electron chi connectivity index (χ0n) is 54.6. The summed E-state index contributed by atoms with van der Waals surface area (Å²) >= 11 is 0. The van der Waals surface area contributed by atoms with Crippen LogP contribution in [0.4, 0.5) is 9.59 Å². The molecule has 0 spiro atoms. The van der Waals surface area contributed by atoms with Gasteiger partial charge < -0.3 is 77.3 Å². The van der Waals surface area contributed by atoms with E-state index in [1.54, 1.807) is 85.8 Å². The van der Waals surface area contributed by atoms with E-state index in [-0.39, 0.29) is 71.6 Å². The van der Waals surface area contributed by atoms with E-state index in [9.17, 15) is 47.9 Å². The number of alkyl carbamates (subject to hydrolysis) is 2. The van der Waals surface area contributed by atoms with E-state index in [4.69, 9.17) is 29.4 Å². The summed E-state index contributed by atoms with van der Waals surface area (Å²) in [5.74, 6) is -6.30. The Bertz CT molecular complexity index is 3400. The van der Waals surface area contributed by atoms with Gasteiger partial charge in [-0.25, -0.2) is 14.4 Å². The van der Waals surface area contributed by atoms with Crippen molar-refractivity contribution in [1.29, 1.82) is 0 Å². The van der Waals surface area contributed by atoms with Crippen molar-refractivity contribution in [2.75, 3.05) is 39.9 Å². The number of carbonyl (C=O) groups is 10. The van der Waals surface area contributed by atoms with Gasteiger partial charge in [0.15, 0.2) is 0 Å². The van der Waals surface area contributed by atoms with E-state index in [1.165, 1.54) is 7.11 Å². The van der Waals surface area contributed by atoms with Crippen LogP contribution < -0.4 is 53.6 Å². The Morgan fingerprint density at radius 2 is 0.794 bits per heavy atom. The Labute approximate surface area is 564 Å². The quantitative estimate of drug-likeness (QED) is 0.0142. The van der Waals surface area contributed by atoms with Crippen LogP contribution in [0.15, 0.2) is 182 Å². The second kappa shape index (κ2) is 42.8. The van der Waals surface area contributed by atoms with Crippen LogP contribution in [0.1, 0.15) is 78.8 Å². The van der Waals surface area contributed by atoms with Crippen molar-refractivity contribution in [2.24, 2.45) is 5.73 Å². The average molecular weight is 1330 g/mol. The van der Waals surface area contributed by atoms with Crippen LogP contribution in [0, 0.1) is 0 Å². The lowest BCUT2D eigenvalue weighted by Gasteiger charge is -2.28. The normalized spacial score (nSPS) is 13.0. The second-order valence-electron chi connectivity index (χ2n) is 22.8. The van der Waals surface area contributed by atoms with Crippen molar-refractivity contribution >= 4 is 59.5 Å². The zero-order chi connectivity index (χ0) is 69.4. The minimum Gasteiger partial charge on any atom is -0.467 e. The van der Waals surface area contributed by atoms with Crippen LogP contribution in [-0.2, 0) is 101 Å². The van der Waals surface area contributed by atoms with Crippen molar-refractivity contribution < 1.29 is 71.6 Å². The first kappa shape index (κ1) is 75.5. The van der Waals surface area contributed by atoms with Gasteiger partial charge in [-0.15, -0.1) is 0 Å². The molecule has 6 aromatic rings. The van der Waals surface area contributed by atoms with E-state index < -0.39 is 122 Å². The number of hydrogen-bond acceptors (Lipinski definition) is 16. The lowest BCUT2D eigenvalue weighted by atomic mass is 10.0. The molecule has 25 nitrogen and oxygen atoms in total. The first-order chi connectivity index (χ1) is 47.0. The minimum atomic E-state index is -1.45. The molecular weight excluding hydrogens is 1240 g/mol. The number of nitrogens with two attached hydrogens (primary N) is 1. The molecule has 0 saturated carbocycles. The average Bonchev–Trinajstić information content (AvgIpc) is 1.43. The highest BCUT2D eigenvalue weighted by Crippen LogP contribution is 2.13. The molecule has 9 amide bonds. The SMILES string of the molecule is COC(=O)[C@H](Cc1ccccc1)NC(=O)[C@H](Cc1ccccc1)NC(=O)CNC(=O)[C@H](COCc1ccccc1)NC(=O)CNC(=O)[C@H](CCCCNC(=O)OCc1ccccc1)NC(=O)[C@@H](NC(=O)[C@@H](N)CCCCNC(=O)OCc1ccccc1)[C@@H](C)OCc1ccccc1. The van der Waals surface area contributed by atoms with Crippen molar-refractivity contribution in [3.63, 3.8) is 0 Å².